The summed E-state index contributed by atoms with van der Waals surface area (Å²) in [6.45, 7) is 4.82. The number of hydrogen-bond acceptors (Lipinski definition) is 2. The third-order valence-corrected chi connectivity index (χ3v) is 8.74. The maximum Gasteiger partial charge on any atom is 0.139 e. The second-order valence-corrected chi connectivity index (χ2v) is 10.4. The average molecular weight is 387 g/mol. The number of carbonyl (C=O) groups excluding carboxylic acids is 1. The molecule has 7 rings (SSSR count). The number of carbonyl (C=O) groups is 1. The molecule has 5 aliphatic rings. The Bertz CT molecular complexity index is 1020. The molecule has 0 spiro atoms. The van der Waals surface area contributed by atoms with Crippen LogP contribution in [0.15, 0.2) is 54.1 Å². The zero-order valence-electron chi connectivity index (χ0n) is 17.4. The standard InChI is InChI=1S/C27H30O2/c1-27(2)19-12-13-20(22(27)15-19)26-24-21(8-5-9-23(24)28)25(29-26)18-11-10-16-6-3-4-7-17(16)14-18/h3-4,6-7,10-11,13-14,19,21-22,24-26H,5,8-9,12,15H2,1-2H3/t19-,21+,22-,24+,25+,26-/m1/s1. The predicted molar refractivity (Wildman–Crippen MR) is 115 cm³/mol. The molecule has 1 heterocycles. The highest BCUT2D eigenvalue weighted by Gasteiger charge is 2.58. The third-order valence-electron chi connectivity index (χ3n) is 8.74. The van der Waals surface area contributed by atoms with Gasteiger partial charge in [-0.2, -0.15) is 0 Å². The summed E-state index contributed by atoms with van der Waals surface area (Å²) in [6.07, 6.45) is 7.77. The van der Waals surface area contributed by atoms with Crippen molar-refractivity contribution in [1.82, 2.24) is 0 Å². The largest absolute Gasteiger partial charge is 0.365 e. The van der Waals surface area contributed by atoms with Gasteiger partial charge in [0.1, 0.15) is 5.78 Å². The molecular weight excluding hydrogens is 356 g/mol. The van der Waals surface area contributed by atoms with Gasteiger partial charge in [0, 0.05) is 12.3 Å². The molecule has 2 nitrogen and oxygen atoms in total. The van der Waals surface area contributed by atoms with Gasteiger partial charge in [0.05, 0.1) is 18.1 Å². The van der Waals surface area contributed by atoms with Crippen LogP contribution in [0.3, 0.4) is 0 Å². The maximum atomic E-state index is 13.1. The lowest BCUT2D eigenvalue weighted by molar-refractivity contribution is -0.127. The van der Waals surface area contributed by atoms with Gasteiger partial charge in [-0.15, -0.1) is 0 Å². The van der Waals surface area contributed by atoms with E-state index in [1.807, 2.05) is 0 Å². The first kappa shape index (κ1) is 17.9. The molecule has 2 heteroatoms. The molecule has 0 N–H and O–H groups in total. The van der Waals surface area contributed by atoms with Crippen molar-refractivity contribution in [3.8, 4) is 0 Å². The van der Waals surface area contributed by atoms with Crippen LogP contribution in [0.5, 0.6) is 0 Å². The van der Waals surface area contributed by atoms with Crippen LogP contribution >= 0.6 is 0 Å². The van der Waals surface area contributed by atoms with Crippen LogP contribution in [0.1, 0.15) is 57.6 Å². The molecule has 1 aliphatic heterocycles. The summed E-state index contributed by atoms with van der Waals surface area (Å²) in [4.78, 5) is 13.1. The first-order chi connectivity index (χ1) is 14.0. The second-order valence-electron chi connectivity index (χ2n) is 10.4. The molecule has 3 fully saturated rings. The molecule has 2 bridgehead atoms. The SMILES string of the molecule is CC1(C)[C@@H]2CC=C([C@H]3O[C@@H](c4ccc5ccccc5c4)[C@H]4CCCC(=O)[C@H]43)[C@H]1C2. The van der Waals surface area contributed by atoms with Crippen molar-refractivity contribution in [2.45, 2.75) is 58.2 Å². The highest BCUT2D eigenvalue weighted by molar-refractivity contribution is 5.85. The van der Waals surface area contributed by atoms with Crippen molar-refractivity contribution in [3.63, 3.8) is 0 Å². The molecule has 29 heavy (non-hydrogen) atoms. The highest BCUT2D eigenvalue weighted by atomic mass is 16.5. The van der Waals surface area contributed by atoms with Crippen molar-refractivity contribution in [3.05, 3.63) is 59.7 Å². The van der Waals surface area contributed by atoms with Gasteiger partial charge in [-0.3, -0.25) is 4.79 Å². The summed E-state index contributed by atoms with van der Waals surface area (Å²) < 4.78 is 6.85. The number of ketones is 1. The molecule has 0 aromatic heterocycles. The average Bonchev–Trinajstić information content (AvgIpc) is 3.14. The number of Topliss-reactive ketones (excluding diaryl/α,β-unsaturated/α-hetero) is 1. The number of allylic oxidation sites excluding steroid dienone is 1. The molecule has 4 aliphatic carbocycles. The second kappa shape index (κ2) is 6.28. The summed E-state index contributed by atoms with van der Waals surface area (Å²) in [6, 6.07) is 15.2. The normalized spacial score (nSPS) is 37.7. The van der Waals surface area contributed by atoms with Gasteiger partial charge in [0.15, 0.2) is 0 Å². The molecule has 0 radical (unpaired) electrons. The smallest absolute Gasteiger partial charge is 0.139 e. The van der Waals surface area contributed by atoms with Crippen molar-refractivity contribution in [2.24, 2.45) is 29.1 Å². The van der Waals surface area contributed by atoms with Gasteiger partial charge in [-0.1, -0.05) is 56.3 Å². The molecule has 2 saturated carbocycles. The van der Waals surface area contributed by atoms with Gasteiger partial charge in [-0.25, -0.2) is 0 Å². The Morgan fingerprint density at radius 2 is 1.86 bits per heavy atom. The summed E-state index contributed by atoms with van der Waals surface area (Å²) in [5.41, 5.74) is 3.06. The minimum Gasteiger partial charge on any atom is -0.365 e. The number of rotatable bonds is 2. The van der Waals surface area contributed by atoms with Crippen LogP contribution in [-0.4, -0.2) is 11.9 Å². The Balaban J connectivity index is 1.39. The first-order valence-corrected chi connectivity index (χ1v) is 11.4. The van der Waals surface area contributed by atoms with Crippen LogP contribution in [0, 0.1) is 29.1 Å². The number of benzene rings is 2. The molecule has 150 valence electrons. The van der Waals surface area contributed by atoms with E-state index in [-0.39, 0.29) is 18.1 Å². The zero-order chi connectivity index (χ0) is 19.8. The predicted octanol–water partition coefficient (Wildman–Crippen LogP) is 6.26. The Morgan fingerprint density at radius 3 is 2.66 bits per heavy atom. The third kappa shape index (κ3) is 2.54. The lowest BCUT2D eigenvalue weighted by Gasteiger charge is -2.57. The minimum absolute atomic E-state index is 0.00482. The summed E-state index contributed by atoms with van der Waals surface area (Å²) in [5.74, 6) is 2.22. The highest BCUT2D eigenvalue weighted by Crippen LogP contribution is 2.62. The van der Waals surface area contributed by atoms with Crippen LogP contribution < -0.4 is 0 Å². The summed E-state index contributed by atoms with van der Waals surface area (Å²) in [7, 11) is 0. The van der Waals surface area contributed by atoms with Gasteiger partial charge in [0.25, 0.3) is 0 Å². The van der Waals surface area contributed by atoms with E-state index in [2.05, 4.69) is 62.4 Å². The van der Waals surface area contributed by atoms with Crippen LogP contribution in [0.4, 0.5) is 0 Å². The molecule has 2 aromatic carbocycles. The monoisotopic (exact) mass is 386 g/mol. The molecule has 1 saturated heterocycles. The van der Waals surface area contributed by atoms with Crippen LogP contribution in [-0.2, 0) is 9.53 Å². The van der Waals surface area contributed by atoms with E-state index in [1.165, 1.54) is 28.3 Å². The van der Waals surface area contributed by atoms with Crippen molar-refractivity contribution >= 4 is 16.6 Å². The van der Waals surface area contributed by atoms with Gasteiger partial charge in [0.2, 0.25) is 0 Å². The van der Waals surface area contributed by atoms with E-state index >= 15 is 0 Å². The van der Waals surface area contributed by atoms with E-state index < -0.39 is 0 Å². The summed E-state index contributed by atoms with van der Waals surface area (Å²) in [5, 5.41) is 2.52. The lowest BCUT2D eigenvalue weighted by Crippen LogP contribution is -2.51. The van der Waals surface area contributed by atoms with Gasteiger partial charge >= 0.3 is 0 Å². The van der Waals surface area contributed by atoms with Crippen molar-refractivity contribution in [2.75, 3.05) is 0 Å². The van der Waals surface area contributed by atoms with Crippen LogP contribution in [0.2, 0.25) is 0 Å². The maximum absolute atomic E-state index is 13.1. The van der Waals surface area contributed by atoms with Gasteiger partial charge < -0.3 is 4.74 Å². The van der Waals surface area contributed by atoms with E-state index in [9.17, 15) is 4.79 Å². The Hall–Kier alpha value is -1.93. The number of ether oxygens (including phenoxy) is 1. The zero-order valence-corrected chi connectivity index (χ0v) is 17.4. The van der Waals surface area contributed by atoms with E-state index in [4.69, 9.17) is 4.74 Å². The number of fused-ring (bicyclic) bond motifs is 3. The Kier molecular flexibility index (Phi) is 3.88. The fourth-order valence-electron chi connectivity index (χ4n) is 6.89. The lowest BCUT2D eigenvalue weighted by atomic mass is 9.47. The fraction of sp³-hybridized carbons (Fsp3) is 0.519. The topological polar surface area (TPSA) is 26.3 Å². The minimum atomic E-state index is -0.00482. The van der Waals surface area contributed by atoms with Crippen molar-refractivity contribution < 1.29 is 9.53 Å². The quantitative estimate of drug-likeness (QED) is 0.570. The molecule has 0 unspecified atom stereocenters. The van der Waals surface area contributed by atoms with Crippen molar-refractivity contribution in [1.29, 1.82) is 0 Å². The van der Waals surface area contributed by atoms with E-state index in [0.717, 1.165) is 31.6 Å². The molecule has 6 atom stereocenters. The fourth-order valence-corrected chi connectivity index (χ4v) is 6.89. The van der Waals surface area contributed by atoms with Gasteiger partial charge in [-0.05, 0) is 70.9 Å². The Labute approximate surface area is 173 Å². The molecular formula is C27H30O2. The van der Waals surface area contributed by atoms with E-state index in [1.54, 1.807) is 0 Å². The molecule has 0 amide bonds. The van der Waals surface area contributed by atoms with E-state index in [0.29, 0.717) is 23.0 Å². The number of hydrogen-bond donors (Lipinski definition) is 0. The first-order valence-electron chi connectivity index (χ1n) is 11.4. The Morgan fingerprint density at radius 1 is 1.03 bits per heavy atom. The molecule has 2 aromatic rings. The summed E-state index contributed by atoms with van der Waals surface area (Å²) >= 11 is 0. The van der Waals surface area contributed by atoms with Crippen LogP contribution in [0.25, 0.3) is 10.8 Å².